The summed E-state index contributed by atoms with van der Waals surface area (Å²) in [6, 6.07) is 17.6. The molecule has 0 spiro atoms. The number of carbonyl (C=O) groups excluding carboxylic acids is 1. The van der Waals surface area contributed by atoms with Gasteiger partial charge < -0.3 is 9.64 Å². The maximum Gasteiger partial charge on any atom is 0.246 e. The van der Waals surface area contributed by atoms with Gasteiger partial charge in [-0.2, -0.15) is 0 Å². The molecular weight excluding hydrogens is 262 g/mol. The highest BCUT2D eigenvalue weighted by molar-refractivity contribution is 5.98. The number of methoxy groups -OCH3 is 1. The van der Waals surface area contributed by atoms with E-state index in [4.69, 9.17) is 4.74 Å². The minimum atomic E-state index is -0.0373. The van der Waals surface area contributed by atoms with Gasteiger partial charge >= 0.3 is 0 Å². The summed E-state index contributed by atoms with van der Waals surface area (Å²) in [6.07, 6.45) is 1.66. The first kappa shape index (κ1) is 14.9. The molecule has 0 fully saturated rings. The second-order valence-corrected chi connectivity index (χ2v) is 4.89. The lowest BCUT2D eigenvalue weighted by atomic mass is 9.97. The van der Waals surface area contributed by atoms with Gasteiger partial charge in [0.2, 0.25) is 5.91 Å². The van der Waals surface area contributed by atoms with Crippen LogP contribution < -0.4 is 4.74 Å². The summed E-state index contributed by atoms with van der Waals surface area (Å²) in [5.41, 5.74) is 2.90. The maximum atomic E-state index is 12.0. The van der Waals surface area contributed by atoms with Crippen LogP contribution in [0.15, 0.2) is 60.7 Å². The van der Waals surface area contributed by atoms with Crippen molar-refractivity contribution in [3.8, 4) is 5.75 Å². The normalized spacial score (nSPS) is 11.1. The van der Waals surface area contributed by atoms with E-state index in [2.05, 4.69) is 0 Å². The van der Waals surface area contributed by atoms with Crippen molar-refractivity contribution in [1.82, 2.24) is 4.90 Å². The predicted octanol–water partition coefficient (Wildman–Crippen LogP) is 3.22. The highest BCUT2D eigenvalue weighted by Crippen LogP contribution is 2.25. The number of rotatable bonds is 4. The number of benzene rings is 2. The van der Waals surface area contributed by atoms with Crippen molar-refractivity contribution in [3.05, 3.63) is 71.8 Å². The molecule has 1 amide bonds. The lowest BCUT2D eigenvalue weighted by Gasteiger charge is -2.12. The molecule has 2 aromatic carbocycles. The molecule has 0 aromatic heterocycles. The Bertz CT molecular complexity index is 628. The number of amides is 1. The van der Waals surface area contributed by atoms with Crippen LogP contribution in [0.1, 0.15) is 11.1 Å². The molecule has 3 heteroatoms. The summed E-state index contributed by atoms with van der Waals surface area (Å²) >= 11 is 0. The number of ether oxygens (including phenoxy) is 1. The summed E-state index contributed by atoms with van der Waals surface area (Å²) in [5, 5.41) is 0. The quantitative estimate of drug-likeness (QED) is 0.805. The van der Waals surface area contributed by atoms with Crippen LogP contribution >= 0.6 is 0 Å². The van der Waals surface area contributed by atoms with Gasteiger partial charge in [0.15, 0.2) is 0 Å². The van der Waals surface area contributed by atoms with E-state index in [0.29, 0.717) is 0 Å². The van der Waals surface area contributed by atoms with E-state index in [1.165, 1.54) is 0 Å². The molecule has 0 saturated heterocycles. The molecule has 0 N–H and O–H groups in total. The van der Waals surface area contributed by atoms with Crippen LogP contribution in [0.25, 0.3) is 5.57 Å². The Kier molecular flexibility index (Phi) is 4.77. The van der Waals surface area contributed by atoms with Crippen molar-refractivity contribution in [2.75, 3.05) is 21.2 Å². The molecule has 0 saturated carbocycles. The average Bonchev–Trinajstić information content (AvgIpc) is 2.53. The minimum Gasteiger partial charge on any atom is -0.497 e. The van der Waals surface area contributed by atoms with Crippen LogP contribution in [0.5, 0.6) is 5.75 Å². The zero-order valence-corrected chi connectivity index (χ0v) is 12.5. The zero-order valence-electron chi connectivity index (χ0n) is 12.5. The fourth-order valence-electron chi connectivity index (χ4n) is 1.97. The summed E-state index contributed by atoms with van der Waals surface area (Å²) in [4.78, 5) is 13.6. The van der Waals surface area contributed by atoms with E-state index < -0.39 is 0 Å². The van der Waals surface area contributed by atoms with Gasteiger partial charge in [0.25, 0.3) is 0 Å². The topological polar surface area (TPSA) is 29.5 Å². The second kappa shape index (κ2) is 6.75. The third kappa shape index (κ3) is 3.72. The molecule has 0 atom stereocenters. The van der Waals surface area contributed by atoms with Gasteiger partial charge in [-0.25, -0.2) is 0 Å². The van der Waals surface area contributed by atoms with Crippen molar-refractivity contribution < 1.29 is 9.53 Å². The number of carbonyl (C=O) groups is 1. The number of hydrogen-bond donors (Lipinski definition) is 0. The Balaban J connectivity index is 2.47. The van der Waals surface area contributed by atoms with E-state index in [9.17, 15) is 4.79 Å². The highest BCUT2D eigenvalue weighted by Gasteiger charge is 2.09. The molecule has 0 aliphatic rings. The number of nitrogens with zero attached hydrogens (tertiary/aromatic N) is 1. The molecule has 2 aromatic rings. The lowest BCUT2D eigenvalue weighted by Crippen LogP contribution is -2.19. The monoisotopic (exact) mass is 281 g/mol. The molecule has 108 valence electrons. The molecule has 0 aliphatic carbocycles. The van der Waals surface area contributed by atoms with E-state index in [1.807, 2.05) is 54.6 Å². The maximum absolute atomic E-state index is 12.0. The Labute approximate surface area is 125 Å². The van der Waals surface area contributed by atoms with Gasteiger partial charge in [0.1, 0.15) is 5.75 Å². The number of likely N-dealkylation sites (N-methyl/N-ethyl adjacent to an activating group) is 1. The average molecular weight is 281 g/mol. The van der Waals surface area contributed by atoms with E-state index >= 15 is 0 Å². The van der Waals surface area contributed by atoms with Gasteiger partial charge in [-0.15, -0.1) is 0 Å². The van der Waals surface area contributed by atoms with Crippen molar-refractivity contribution in [2.24, 2.45) is 0 Å². The molecule has 0 radical (unpaired) electrons. The van der Waals surface area contributed by atoms with E-state index in [0.717, 1.165) is 22.4 Å². The van der Waals surface area contributed by atoms with Crippen LogP contribution in [0.4, 0.5) is 0 Å². The van der Waals surface area contributed by atoms with Gasteiger partial charge in [0.05, 0.1) is 7.11 Å². The van der Waals surface area contributed by atoms with Crippen LogP contribution in [-0.4, -0.2) is 32.0 Å². The Morgan fingerprint density at radius 3 is 2.05 bits per heavy atom. The SMILES string of the molecule is COc1ccc(C(=CC(=O)N(C)C)c2ccccc2)cc1. The Morgan fingerprint density at radius 2 is 1.52 bits per heavy atom. The predicted molar refractivity (Wildman–Crippen MR) is 85.2 cm³/mol. The highest BCUT2D eigenvalue weighted by atomic mass is 16.5. The van der Waals surface area contributed by atoms with E-state index in [1.54, 1.807) is 32.2 Å². The van der Waals surface area contributed by atoms with Crippen molar-refractivity contribution in [3.63, 3.8) is 0 Å². The molecule has 2 rings (SSSR count). The molecule has 3 nitrogen and oxygen atoms in total. The zero-order chi connectivity index (χ0) is 15.2. The van der Waals surface area contributed by atoms with Crippen LogP contribution in [-0.2, 0) is 4.79 Å². The Morgan fingerprint density at radius 1 is 0.952 bits per heavy atom. The molecule has 0 aliphatic heterocycles. The fourth-order valence-corrected chi connectivity index (χ4v) is 1.97. The summed E-state index contributed by atoms with van der Waals surface area (Å²) in [5.74, 6) is 0.759. The standard InChI is InChI=1S/C18H19NO2/c1-19(2)18(20)13-17(14-7-5-4-6-8-14)15-9-11-16(21-3)12-10-15/h4-13H,1-3H3. The van der Waals surface area contributed by atoms with Gasteiger partial charge in [-0.05, 0) is 28.8 Å². The Hall–Kier alpha value is -2.55. The van der Waals surface area contributed by atoms with Crippen LogP contribution in [0, 0.1) is 0 Å². The smallest absolute Gasteiger partial charge is 0.246 e. The molecule has 21 heavy (non-hydrogen) atoms. The fraction of sp³-hybridized carbons (Fsp3) is 0.167. The van der Waals surface area contributed by atoms with Gasteiger partial charge in [-0.1, -0.05) is 42.5 Å². The van der Waals surface area contributed by atoms with Gasteiger partial charge in [-0.3, -0.25) is 4.79 Å². The van der Waals surface area contributed by atoms with Crippen LogP contribution in [0.2, 0.25) is 0 Å². The van der Waals surface area contributed by atoms with Crippen molar-refractivity contribution in [2.45, 2.75) is 0 Å². The van der Waals surface area contributed by atoms with Crippen LogP contribution in [0.3, 0.4) is 0 Å². The largest absolute Gasteiger partial charge is 0.497 e. The minimum absolute atomic E-state index is 0.0373. The summed E-state index contributed by atoms with van der Waals surface area (Å²) in [6.45, 7) is 0. The molecular formula is C18H19NO2. The molecule has 0 unspecified atom stereocenters. The first-order valence-corrected chi connectivity index (χ1v) is 6.74. The number of hydrogen-bond acceptors (Lipinski definition) is 2. The summed E-state index contributed by atoms with van der Waals surface area (Å²) < 4.78 is 5.18. The van der Waals surface area contributed by atoms with Crippen molar-refractivity contribution in [1.29, 1.82) is 0 Å². The summed E-state index contributed by atoms with van der Waals surface area (Å²) in [7, 11) is 5.13. The van der Waals surface area contributed by atoms with E-state index in [-0.39, 0.29) is 5.91 Å². The van der Waals surface area contributed by atoms with Crippen molar-refractivity contribution >= 4 is 11.5 Å². The first-order valence-electron chi connectivity index (χ1n) is 6.74. The molecule has 0 heterocycles. The van der Waals surface area contributed by atoms with Gasteiger partial charge in [0, 0.05) is 20.2 Å². The molecule has 0 bridgehead atoms. The third-order valence-corrected chi connectivity index (χ3v) is 3.19. The second-order valence-electron chi connectivity index (χ2n) is 4.89. The first-order chi connectivity index (χ1) is 10.1. The third-order valence-electron chi connectivity index (χ3n) is 3.19. The lowest BCUT2D eigenvalue weighted by molar-refractivity contribution is -0.123.